The molecule has 0 spiro atoms. The number of likely N-dealkylation sites (tertiary alicyclic amines) is 1. The Morgan fingerprint density at radius 3 is 2.64 bits per heavy atom. The highest BCUT2D eigenvalue weighted by Crippen LogP contribution is 2.35. The number of fused-ring (bicyclic) bond motifs is 3. The highest BCUT2D eigenvalue weighted by molar-refractivity contribution is 7.19. The minimum absolute atomic E-state index is 0.169. The lowest BCUT2D eigenvalue weighted by Gasteiger charge is -2.32. The van der Waals surface area contributed by atoms with Crippen LogP contribution in [0.1, 0.15) is 49.7 Å². The summed E-state index contributed by atoms with van der Waals surface area (Å²) in [5.41, 5.74) is 14.7. The van der Waals surface area contributed by atoms with Gasteiger partial charge in [-0.05, 0) is 38.2 Å². The number of carbonyl (C=O) groups excluding carboxylic acids is 1. The van der Waals surface area contributed by atoms with E-state index in [0.29, 0.717) is 51.1 Å². The average Bonchev–Trinajstić information content (AvgIpc) is 3.42. The number of nitrogens with two attached hydrogens (primary N) is 2. The first-order valence-corrected chi connectivity index (χ1v) is 14.0. The number of ether oxygens (including phenoxy) is 2. The number of anilines is 1. The van der Waals surface area contributed by atoms with Gasteiger partial charge in [0.05, 0.1) is 48.6 Å². The van der Waals surface area contributed by atoms with E-state index in [9.17, 15) is 4.79 Å². The Labute approximate surface area is 217 Å². The first-order chi connectivity index (χ1) is 17.5. The molecule has 9 nitrogen and oxygen atoms in total. The molecule has 3 aromatic rings. The van der Waals surface area contributed by atoms with E-state index in [1.165, 1.54) is 9.58 Å². The molecule has 0 unspecified atom stereocenters. The largest absolute Gasteiger partial charge is 0.382 e. The van der Waals surface area contributed by atoms with Crippen LogP contribution in [0, 0.1) is 12.8 Å². The number of thiophene rings is 1. The van der Waals surface area contributed by atoms with Crippen molar-refractivity contribution >= 4 is 44.3 Å². The fourth-order valence-corrected chi connectivity index (χ4v) is 5.92. The smallest absolute Gasteiger partial charge is 0.224 e. The average molecular weight is 517 g/mol. The zero-order chi connectivity index (χ0) is 25.5. The van der Waals surface area contributed by atoms with Gasteiger partial charge in [-0.15, -0.1) is 11.3 Å². The third-order valence-electron chi connectivity index (χ3n) is 6.84. The van der Waals surface area contributed by atoms with E-state index >= 15 is 0 Å². The van der Waals surface area contributed by atoms with Crippen molar-refractivity contribution in [1.29, 1.82) is 0 Å². The van der Waals surface area contributed by atoms with Crippen LogP contribution in [0.3, 0.4) is 0 Å². The third kappa shape index (κ3) is 6.34. The molecule has 0 aromatic carbocycles. The van der Waals surface area contributed by atoms with Crippen molar-refractivity contribution in [2.45, 2.75) is 58.9 Å². The molecule has 3 aromatic heterocycles. The standard InChI is InChI=1S/C26H40N6O3S/c1-3-4-5-21-30-23-24(25-20(29-26(23)28)16-18(2)36-25)32(21)17-19-6-10-31(11-7-19)22(33)8-12-34-14-15-35-13-9-27/h16,19H,3-15,17,27H2,1-2H3,(H2,28,29). The number of amides is 1. The summed E-state index contributed by atoms with van der Waals surface area (Å²) in [6.07, 6.45) is 5.54. The SMILES string of the molecule is CCCCc1nc2c(N)nc3cc(C)sc3c2n1CC1CCN(C(=O)CCOCCOCCN)CC1. The second-order valence-corrected chi connectivity index (χ2v) is 10.9. The minimum Gasteiger partial charge on any atom is -0.382 e. The number of imidazole rings is 1. The lowest BCUT2D eigenvalue weighted by Crippen LogP contribution is -2.39. The summed E-state index contributed by atoms with van der Waals surface area (Å²) in [6.45, 7) is 9.28. The van der Waals surface area contributed by atoms with Gasteiger partial charge in [0.25, 0.3) is 0 Å². The monoisotopic (exact) mass is 516 g/mol. The highest BCUT2D eigenvalue weighted by atomic mass is 32.1. The number of unbranched alkanes of at least 4 members (excludes halogenated alkanes) is 1. The molecule has 1 amide bonds. The summed E-state index contributed by atoms with van der Waals surface area (Å²) in [6, 6.07) is 2.11. The van der Waals surface area contributed by atoms with Gasteiger partial charge in [0.1, 0.15) is 11.3 Å². The summed E-state index contributed by atoms with van der Waals surface area (Å²) in [5.74, 6) is 2.28. The molecule has 0 radical (unpaired) electrons. The maximum Gasteiger partial charge on any atom is 0.224 e. The number of aromatic nitrogens is 3. The predicted octanol–water partition coefficient (Wildman–Crippen LogP) is 3.50. The summed E-state index contributed by atoms with van der Waals surface area (Å²) in [5, 5.41) is 0. The second-order valence-electron chi connectivity index (χ2n) is 9.60. The number of nitrogen functional groups attached to an aromatic ring is 1. The molecule has 4 N–H and O–H groups in total. The molecule has 4 rings (SSSR count). The molecule has 4 heterocycles. The quantitative estimate of drug-likeness (QED) is 0.334. The first kappa shape index (κ1) is 26.8. The van der Waals surface area contributed by atoms with Gasteiger partial charge >= 0.3 is 0 Å². The van der Waals surface area contributed by atoms with Gasteiger partial charge < -0.3 is 30.4 Å². The molecule has 0 atom stereocenters. The Balaban J connectivity index is 1.39. The van der Waals surface area contributed by atoms with Crippen LogP contribution in [0.25, 0.3) is 21.3 Å². The molecular formula is C26H40N6O3S. The van der Waals surface area contributed by atoms with Crippen LogP contribution in [-0.4, -0.2) is 71.4 Å². The van der Waals surface area contributed by atoms with E-state index in [-0.39, 0.29) is 5.91 Å². The number of piperidine rings is 1. The number of hydrogen-bond acceptors (Lipinski definition) is 8. The topological polar surface area (TPSA) is 122 Å². The third-order valence-corrected chi connectivity index (χ3v) is 7.88. The van der Waals surface area contributed by atoms with Crippen molar-refractivity contribution in [3.8, 4) is 0 Å². The van der Waals surface area contributed by atoms with Crippen LogP contribution >= 0.6 is 11.3 Å². The van der Waals surface area contributed by atoms with E-state index in [1.54, 1.807) is 11.3 Å². The Morgan fingerprint density at radius 2 is 1.92 bits per heavy atom. The normalized spacial score (nSPS) is 14.9. The Hall–Kier alpha value is -2.27. The second kappa shape index (κ2) is 12.8. The van der Waals surface area contributed by atoms with Gasteiger partial charge in [-0.3, -0.25) is 4.79 Å². The Morgan fingerprint density at radius 1 is 1.17 bits per heavy atom. The molecule has 1 saturated heterocycles. The van der Waals surface area contributed by atoms with E-state index in [4.69, 9.17) is 25.9 Å². The highest BCUT2D eigenvalue weighted by Gasteiger charge is 2.26. The van der Waals surface area contributed by atoms with Crippen LogP contribution in [0.4, 0.5) is 5.82 Å². The molecule has 1 aliphatic rings. The van der Waals surface area contributed by atoms with Crippen molar-refractivity contribution in [3.63, 3.8) is 0 Å². The van der Waals surface area contributed by atoms with Gasteiger partial charge in [0.15, 0.2) is 5.82 Å². The molecule has 0 bridgehead atoms. The molecular weight excluding hydrogens is 476 g/mol. The van der Waals surface area contributed by atoms with E-state index < -0.39 is 0 Å². The number of rotatable bonds is 13. The van der Waals surface area contributed by atoms with Crippen LogP contribution in [-0.2, 0) is 27.2 Å². The van der Waals surface area contributed by atoms with Gasteiger partial charge in [-0.2, -0.15) is 0 Å². The van der Waals surface area contributed by atoms with Crippen LogP contribution in [0.5, 0.6) is 0 Å². The predicted molar refractivity (Wildman–Crippen MR) is 145 cm³/mol. The molecule has 1 fully saturated rings. The van der Waals surface area contributed by atoms with Gasteiger partial charge in [-0.25, -0.2) is 9.97 Å². The van der Waals surface area contributed by atoms with E-state index in [1.807, 2.05) is 4.90 Å². The zero-order valence-electron chi connectivity index (χ0n) is 21.6. The Kier molecular flexibility index (Phi) is 9.53. The van der Waals surface area contributed by atoms with Crippen LogP contribution in [0.2, 0.25) is 0 Å². The van der Waals surface area contributed by atoms with Crippen molar-refractivity contribution in [1.82, 2.24) is 19.4 Å². The van der Waals surface area contributed by atoms with Crippen molar-refractivity contribution in [3.05, 3.63) is 16.8 Å². The van der Waals surface area contributed by atoms with Crippen molar-refractivity contribution in [2.24, 2.45) is 11.7 Å². The number of nitrogens with zero attached hydrogens (tertiary/aromatic N) is 4. The number of hydrogen-bond donors (Lipinski definition) is 2. The number of aryl methyl sites for hydroxylation is 2. The summed E-state index contributed by atoms with van der Waals surface area (Å²) >= 11 is 1.77. The first-order valence-electron chi connectivity index (χ1n) is 13.2. The fraction of sp³-hybridized carbons (Fsp3) is 0.654. The van der Waals surface area contributed by atoms with Gasteiger partial charge in [0.2, 0.25) is 5.91 Å². The maximum absolute atomic E-state index is 12.7. The van der Waals surface area contributed by atoms with E-state index in [0.717, 1.165) is 74.1 Å². The van der Waals surface area contributed by atoms with Gasteiger partial charge in [0, 0.05) is 37.5 Å². The maximum atomic E-state index is 12.7. The molecule has 1 aliphatic heterocycles. The van der Waals surface area contributed by atoms with E-state index in [2.05, 4.69) is 29.5 Å². The van der Waals surface area contributed by atoms with Crippen LogP contribution < -0.4 is 11.5 Å². The summed E-state index contributed by atoms with van der Waals surface area (Å²) < 4.78 is 14.4. The Bertz CT molecular complexity index is 1150. The van der Waals surface area contributed by atoms with Gasteiger partial charge in [-0.1, -0.05) is 13.3 Å². The minimum atomic E-state index is 0.169. The number of pyridine rings is 1. The molecule has 36 heavy (non-hydrogen) atoms. The lowest BCUT2D eigenvalue weighted by atomic mass is 9.96. The summed E-state index contributed by atoms with van der Waals surface area (Å²) in [4.78, 5) is 25.5. The lowest BCUT2D eigenvalue weighted by molar-refractivity contribution is -0.133. The molecule has 0 saturated carbocycles. The number of carbonyl (C=O) groups is 1. The zero-order valence-corrected chi connectivity index (χ0v) is 22.4. The molecule has 198 valence electrons. The van der Waals surface area contributed by atoms with Crippen molar-refractivity contribution in [2.75, 3.05) is 51.8 Å². The molecule has 10 heteroatoms. The fourth-order valence-electron chi connectivity index (χ4n) is 4.91. The van der Waals surface area contributed by atoms with Crippen molar-refractivity contribution < 1.29 is 14.3 Å². The summed E-state index contributed by atoms with van der Waals surface area (Å²) in [7, 11) is 0. The van der Waals surface area contributed by atoms with Crippen LogP contribution in [0.15, 0.2) is 6.07 Å². The molecule has 0 aliphatic carbocycles.